The minimum absolute atomic E-state index is 0.0597. The van der Waals surface area contributed by atoms with Crippen molar-refractivity contribution in [2.45, 2.75) is 18.1 Å². The molecule has 1 aliphatic rings. The summed E-state index contributed by atoms with van der Waals surface area (Å²) in [6.07, 6.45) is 2.66. The number of hydrogen-bond donors (Lipinski definition) is 0. The van der Waals surface area contributed by atoms with Gasteiger partial charge in [-0.15, -0.1) is 16.8 Å². The Bertz CT molecular complexity index is 1260. The summed E-state index contributed by atoms with van der Waals surface area (Å²) in [5, 5.41) is 10.3. The molecule has 31 heavy (non-hydrogen) atoms. The van der Waals surface area contributed by atoms with Crippen molar-refractivity contribution < 1.29 is 9.21 Å². The van der Waals surface area contributed by atoms with Crippen LogP contribution < -0.4 is 4.90 Å². The number of furan rings is 1. The largest absolute Gasteiger partial charge is 0.453 e. The van der Waals surface area contributed by atoms with Gasteiger partial charge in [-0.3, -0.25) is 9.36 Å². The number of carbonyl (C=O) groups excluding carboxylic acids is 1. The van der Waals surface area contributed by atoms with Crippen LogP contribution in [0.4, 0.5) is 5.69 Å². The Labute approximate surface area is 192 Å². The fraction of sp³-hybridized carbons (Fsp3) is 0.174. The molecule has 0 fully saturated rings. The van der Waals surface area contributed by atoms with Gasteiger partial charge in [0.2, 0.25) is 11.7 Å². The van der Waals surface area contributed by atoms with E-state index < -0.39 is 0 Å². The first kappa shape index (κ1) is 20.1. The minimum Gasteiger partial charge on any atom is -0.453 e. The molecule has 0 radical (unpaired) electrons. The number of halogens is 1. The summed E-state index contributed by atoms with van der Waals surface area (Å²) in [6.45, 7) is 5.08. The molecule has 2 aromatic carbocycles. The number of carbonyl (C=O) groups is 1. The lowest BCUT2D eigenvalue weighted by Crippen LogP contribution is -2.30. The van der Waals surface area contributed by atoms with Crippen molar-refractivity contribution in [3.05, 3.63) is 71.2 Å². The molecule has 1 aliphatic heterocycles. The zero-order chi connectivity index (χ0) is 21.4. The van der Waals surface area contributed by atoms with Crippen LogP contribution in [0.3, 0.4) is 0 Å². The maximum atomic E-state index is 12.9. The van der Waals surface area contributed by atoms with Gasteiger partial charge in [0.25, 0.3) is 0 Å². The van der Waals surface area contributed by atoms with Gasteiger partial charge in [-0.1, -0.05) is 52.0 Å². The monoisotopic (exact) mass is 494 g/mol. The van der Waals surface area contributed by atoms with Crippen molar-refractivity contribution in [3.63, 3.8) is 0 Å². The summed E-state index contributed by atoms with van der Waals surface area (Å²) in [4.78, 5) is 14.8. The van der Waals surface area contributed by atoms with Crippen LogP contribution in [0.25, 0.3) is 22.6 Å². The zero-order valence-electron chi connectivity index (χ0n) is 16.6. The van der Waals surface area contributed by atoms with Crippen molar-refractivity contribution >= 4 is 50.3 Å². The molecule has 4 aromatic rings. The Balaban J connectivity index is 1.36. The van der Waals surface area contributed by atoms with Gasteiger partial charge in [-0.05, 0) is 42.3 Å². The summed E-state index contributed by atoms with van der Waals surface area (Å²) in [5.41, 5.74) is 2.98. The molecule has 0 unspecified atom stereocenters. The predicted octanol–water partition coefficient (Wildman–Crippen LogP) is 5.32. The molecule has 0 spiro atoms. The number of benzene rings is 2. The molecular weight excluding hydrogens is 476 g/mol. The molecule has 0 aliphatic carbocycles. The quantitative estimate of drug-likeness (QED) is 0.268. The van der Waals surface area contributed by atoms with Gasteiger partial charge in [0.1, 0.15) is 5.58 Å². The van der Waals surface area contributed by atoms with Gasteiger partial charge in [-0.25, -0.2) is 0 Å². The second-order valence-electron chi connectivity index (χ2n) is 7.21. The van der Waals surface area contributed by atoms with Crippen LogP contribution >= 0.6 is 27.7 Å². The van der Waals surface area contributed by atoms with E-state index in [0.29, 0.717) is 29.8 Å². The van der Waals surface area contributed by atoms with Gasteiger partial charge in [0.05, 0.1) is 5.75 Å². The second-order valence-corrected chi connectivity index (χ2v) is 9.07. The van der Waals surface area contributed by atoms with Crippen LogP contribution in [0.2, 0.25) is 0 Å². The summed E-state index contributed by atoms with van der Waals surface area (Å²) in [5.74, 6) is 1.62. The van der Waals surface area contributed by atoms with E-state index >= 15 is 0 Å². The highest BCUT2D eigenvalue weighted by Gasteiger charge is 2.25. The first-order valence-corrected chi connectivity index (χ1v) is 11.7. The lowest BCUT2D eigenvalue weighted by Gasteiger charge is -2.17. The fourth-order valence-electron chi connectivity index (χ4n) is 3.80. The van der Waals surface area contributed by atoms with E-state index in [1.165, 1.54) is 17.3 Å². The van der Waals surface area contributed by atoms with Crippen LogP contribution in [0.15, 0.2) is 75.2 Å². The molecule has 0 N–H and O–H groups in total. The SMILES string of the molecule is C=CCn1c(SCC(=O)N2CCc3cc(Br)ccc32)nnc1-c1cc2ccccc2o1. The molecule has 2 aromatic heterocycles. The summed E-state index contributed by atoms with van der Waals surface area (Å²) >= 11 is 4.88. The van der Waals surface area contributed by atoms with E-state index in [9.17, 15) is 4.79 Å². The molecule has 3 heterocycles. The van der Waals surface area contributed by atoms with E-state index in [1.807, 2.05) is 51.9 Å². The smallest absolute Gasteiger partial charge is 0.237 e. The molecule has 0 saturated carbocycles. The lowest BCUT2D eigenvalue weighted by molar-refractivity contribution is -0.116. The van der Waals surface area contributed by atoms with Crippen molar-refractivity contribution in [3.8, 4) is 11.6 Å². The molecule has 5 rings (SSSR count). The minimum atomic E-state index is 0.0597. The highest BCUT2D eigenvalue weighted by atomic mass is 79.9. The lowest BCUT2D eigenvalue weighted by atomic mass is 10.2. The first-order valence-electron chi connectivity index (χ1n) is 9.88. The maximum Gasteiger partial charge on any atom is 0.237 e. The van der Waals surface area contributed by atoms with Crippen molar-refractivity contribution in [2.24, 2.45) is 0 Å². The molecule has 8 heteroatoms. The Morgan fingerprint density at radius 3 is 2.94 bits per heavy atom. The number of fused-ring (bicyclic) bond motifs is 2. The van der Waals surface area contributed by atoms with Crippen molar-refractivity contribution in [1.82, 2.24) is 14.8 Å². The highest BCUT2D eigenvalue weighted by Crippen LogP contribution is 2.32. The summed E-state index contributed by atoms with van der Waals surface area (Å²) < 4.78 is 8.93. The normalized spacial score (nSPS) is 13.0. The van der Waals surface area contributed by atoms with Crippen molar-refractivity contribution in [2.75, 3.05) is 17.2 Å². The highest BCUT2D eigenvalue weighted by molar-refractivity contribution is 9.10. The fourth-order valence-corrected chi connectivity index (χ4v) is 5.03. The van der Waals surface area contributed by atoms with Crippen LogP contribution in [-0.4, -0.2) is 33.0 Å². The number of para-hydroxylation sites is 1. The topological polar surface area (TPSA) is 64.2 Å². The van der Waals surface area contributed by atoms with Crippen LogP contribution in [-0.2, 0) is 17.8 Å². The average molecular weight is 495 g/mol. The molecule has 0 atom stereocenters. The van der Waals surface area contributed by atoms with E-state index in [4.69, 9.17) is 4.42 Å². The van der Waals surface area contributed by atoms with Gasteiger partial charge in [-0.2, -0.15) is 0 Å². The Morgan fingerprint density at radius 1 is 1.23 bits per heavy atom. The third-order valence-corrected chi connectivity index (χ3v) is 6.68. The molecule has 0 bridgehead atoms. The van der Waals surface area contributed by atoms with Gasteiger partial charge in [0, 0.05) is 28.6 Å². The Hall–Kier alpha value is -2.84. The van der Waals surface area contributed by atoms with Crippen molar-refractivity contribution in [1.29, 1.82) is 0 Å². The number of allylic oxidation sites excluding steroid dienone is 1. The van der Waals surface area contributed by atoms with E-state index in [0.717, 1.165) is 27.6 Å². The van der Waals surface area contributed by atoms with Crippen LogP contribution in [0.5, 0.6) is 0 Å². The average Bonchev–Trinajstić information content (AvgIpc) is 3.48. The number of rotatable bonds is 6. The van der Waals surface area contributed by atoms with Crippen LogP contribution in [0.1, 0.15) is 5.56 Å². The Kier molecular flexibility index (Phi) is 5.41. The predicted molar refractivity (Wildman–Crippen MR) is 126 cm³/mol. The number of anilines is 1. The Morgan fingerprint density at radius 2 is 2.10 bits per heavy atom. The number of aromatic nitrogens is 3. The molecule has 156 valence electrons. The maximum absolute atomic E-state index is 12.9. The third kappa shape index (κ3) is 3.81. The number of hydrogen-bond acceptors (Lipinski definition) is 5. The van der Waals surface area contributed by atoms with Gasteiger partial charge in [0.15, 0.2) is 10.9 Å². The molecule has 0 saturated heterocycles. The third-order valence-electron chi connectivity index (χ3n) is 5.24. The van der Waals surface area contributed by atoms with E-state index in [2.05, 4.69) is 38.8 Å². The van der Waals surface area contributed by atoms with E-state index in [1.54, 1.807) is 6.08 Å². The molecular formula is C23H19BrN4O2S. The van der Waals surface area contributed by atoms with E-state index in [-0.39, 0.29) is 11.7 Å². The van der Waals surface area contributed by atoms with Gasteiger partial charge >= 0.3 is 0 Å². The standard InChI is InChI=1S/C23H19BrN4O2S/c1-2-10-28-22(20-13-16-5-3-4-6-19(16)30-20)25-26-23(28)31-14-21(29)27-11-9-15-12-17(24)7-8-18(15)27/h2-8,12-13H,1,9-11,14H2. The molecule has 1 amide bonds. The summed E-state index contributed by atoms with van der Waals surface area (Å²) in [7, 11) is 0. The zero-order valence-corrected chi connectivity index (χ0v) is 19.0. The molecule has 6 nitrogen and oxygen atoms in total. The second kappa shape index (κ2) is 8.36. The number of thioether (sulfide) groups is 1. The number of nitrogens with zero attached hydrogens (tertiary/aromatic N) is 4. The van der Waals surface area contributed by atoms with Gasteiger partial charge < -0.3 is 9.32 Å². The van der Waals surface area contributed by atoms with Crippen LogP contribution in [0, 0.1) is 0 Å². The summed E-state index contributed by atoms with van der Waals surface area (Å²) in [6, 6.07) is 15.8. The number of amides is 1. The first-order chi connectivity index (χ1) is 15.1.